The number of hydrogen-bond acceptors (Lipinski definition) is 0. The molecule has 33 heavy (non-hydrogen) atoms. The van der Waals surface area contributed by atoms with Crippen LogP contribution in [0.4, 0.5) is 0 Å². The Morgan fingerprint density at radius 1 is 0.576 bits per heavy atom. The van der Waals surface area contributed by atoms with E-state index in [0.717, 1.165) is 12.8 Å². The van der Waals surface area contributed by atoms with Gasteiger partial charge < -0.3 is 4.40 Å². The molecule has 0 amide bonds. The Bertz CT molecular complexity index is 1310. The van der Waals surface area contributed by atoms with Crippen LogP contribution in [0.3, 0.4) is 0 Å². The normalized spacial score (nSPS) is 11.3. The van der Waals surface area contributed by atoms with E-state index in [1.54, 1.807) is 0 Å². The average molecular weight is 430 g/mol. The molecule has 2 aromatic heterocycles. The Morgan fingerprint density at radius 2 is 1.12 bits per heavy atom. The van der Waals surface area contributed by atoms with Gasteiger partial charge in [-0.05, 0) is 62.1 Å². The highest BCUT2D eigenvalue weighted by molar-refractivity contribution is 5.81. The molecule has 164 valence electrons. The predicted molar refractivity (Wildman–Crippen MR) is 140 cm³/mol. The first-order valence-electron chi connectivity index (χ1n) is 11.8. The highest BCUT2D eigenvalue weighted by atomic mass is 14.9. The summed E-state index contributed by atoms with van der Waals surface area (Å²) < 4.78 is 2.41. The molecule has 0 saturated heterocycles. The lowest BCUT2D eigenvalue weighted by Crippen LogP contribution is -1.98. The van der Waals surface area contributed by atoms with E-state index < -0.39 is 0 Å². The minimum absolute atomic E-state index is 0.908. The first kappa shape index (κ1) is 21.3. The lowest BCUT2D eigenvalue weighted by molar-refractivity contribution is 1.02. The van der Waals surface area contributed by atoms with Crippen LogP contribution in [0.1, 0.15) is 44.6 Å². The molecular formula is C32H31N. The monoisotopic (exact) mass is 429 g/mol. The second kappa shape index (κ2) is 8.75. The Kier molecular flexibility index (Phi) is 5.64. The Labute approximate surface area is 197 Å². The third kappa shape index (κ3) is 4.36. The Balaban J connectivity index is 1.75. The highest BCUT2D eigenvalue weighted by Gasteiger charge is 2.20. The summed E-state index contributed by atoms with van der Waals surface area (Å²) in [5.41, 5.74) is 14.8. The van der Waals surface area contributed by atoms with Crippen LogP contribution in [-0.2, 0) is 12.8 Å². The quantitative estimate of drug-likeness (QED) is 0.266. The van der Waals surface area contributed by atoms with E-state index in [1.807, 2.05) is 0 Å². The second-order valence-electron chi connectivity index (χ2n) is 9.47. The fourth-order valence-corrected chi connectivity index (χ4v) is 5.38. The van der Waals surface area contributed by atoms with E-state index in [4.69, 9.17) is 0 Å². The van der Waals surface area contributed by atoms with E-state index >= 15 is 0 Å². The summed E-state index contributed by atoms with van der Waals surface area (Å²) in [6.45, 7) is 8.77. The van der Waals surface area contributed by atoms with Crippen LogP contribution in [0, 0.1) is 27.7 Å². The summed E-state index contributed by atoms with van der Waals surface area (Å²) >= 11 is 0. The van der Waals surface area contributed by atoms with Crippen molar-refractivity contribution in [1.29, 1.82) is 0 Å². The van der Waals surface area contributed by atoms with Crippen LogP contribution < -0.4 is 0 Å². The van der Waals surface area contributed by atoms with Crippen LogP contribution in [0.2, 0.25) is 0 Å². The number of benzene rings is 3. The van der Waals surface area contributed by atoms with Crippen molar-refractivity contribution in [3.05, 3.63) is 136 Å². The maximum absolute atomic E-state index is 2.41. The minimum atomic E-state index is 0.908. The maximum atomic E-state index is 2.41. The SMILES string of the molecule is Cc1cc(C)cc(Cc2c(-c3ccccc3)c(Cc3cc(C)cc(C)c3)n3ccccc23)c1. The first-order chi connectivity index (χ1) is 16.0. The fraction of sp³-hybridized carbons (Fsp3) is 0.188. The summed E-state index contributed by atoms with van der Waals surface area (Å²) in [6.07, 6.45) is 4.06. The number of hydrogen-bond donors (Lipinski definition) is 0. The Morgan fingerprint density at radius 3 is 1.73 bits per heavy atom. The molecule has 0 saturated carbocycles. The number of rotatable bonds is 5. The number of pyridine rings is 1. The molecule has 0 N–H and O–H groups in total. The molecule has 0 radical (unpaired) electrons. The van der Waals surface area contributed by atoms with Crippen molar-refractivity contribution in [3.8, 4) is 11.1 Å². The number of aromatic nitrogens is 1. The molecule has 0 bridgehead atoms. The van der Waals surface area contributed by atoms with Crippen molar-refractivity contribution >= 4 is 5.52 Å². The fourth-order valence-electron chi connectivity index (χ4n) is 5.38. The van der Waals surface area contributed by atoms with Gasteiger partial charge in [0.1, 0.15) is 0 Å². The molecule has 1 nitrogen and oxygen atoms in total. The van der Waals surface area contributed by atoms with Gasteiger partial charge in [-0.3, -0.25) is 0 Å². The molecule has 0 aliphatic carbocycles. The summed E-state index contributed by atoms with van der Waals surface area (Å²) in [6, 6.07) is 31.3. The van der Waals surface area contributed by atoms with Gasteiger partial charge in [-0.1, -0.05) is 95.1 Å². The third-order valence-corrected chi connectivity index (χ3v) is 6.43. The molecule has 0 fully saturated rings. The molecule has 0 aliphatic rings. The lowest BCUT2D eigenvalue weighted by Gasteiger charge is -2.11. The van der Waals surface area contributed by atoms with Gasteiger partial charge in [0.2, 0.25) is 0 Å². The molecule has 5 aromatic rings. The number of nitrogens with zero attached hydrogens (tertiary/aromatic N) is 1. The molecule has 3 aromatic carbocycles. The van der Waals surface area contributed by atoms with Gasteiger partial charge in [0, 0.05) is 35.8 Å². The number of aryl methyl sites for hydroxylation is 4. The lowest BCUT2D eigenvalue weighted by atomic mass is 9.92. The summed E-state index contributed by atoms with van der Waals surface area (Å²) in [7, 11) is 0. The van der Waals surface area contributed by atoms with E-state index in [1.165, 1.54) is 61.3 Å². The molecule has 2 heterocycles. The Hall–Kier alpha value is -3.58. The molecular weight excluding hydrogens is 398 g/mol. The zero-order chi connectivity index (χ0) is 22.9. The van der Waals surface area contributed by atoms with E-state index in [0.29, 0.717) is 0 Å². The maximum Gasteiger partial charge on any atom is 0.0494 e. The van der Waals surface area contributed by atoms with Crippen LogP contribution in [0.5, 0.6) is 0 Å². The zero-order valence-electron chi connectivity index (χ0n) is 20.0. The van der Waals surface area contributed by atoms with Crippen molar-refractivity contribution < 1.29 is 0 Å². The largest absolute Gasteiger partial charge is 0.320 e. The zero-order valence-corrected chi connectivity index (χ0v) is 20.0. The molecule has 0 atom stereocenters. The van der Waals surface area contributed by atoms with Gasteiger partial charge in [0.25, 0.3) is 0 Å². The third-order valence-electron chi connectivity index (χ3n) is 6.43. The van der Waals surface area contributed by atoms with Crippen LogP contribution in [0.15, 0.2) is 91.1 Å². The van der Waals surface area contributed by atoms with E-state index in [9.17, 15) is 0 Å². The molecule has 5 rings (SSSR count). The molecule has 0 unspecified atom stereocenters. The van der Waals surface area contributed by atoms with Gasteiger partial charge in [0.05, 0.1) is 0 Å². The molecule has 0 spiro atoms. The topological polar surface area (TPSA) is 4.41 Å². The predicted octanol–water partition coefficient (Wildman–Crippen LogP) is 8.02. The van der Waals surface area contributed by atoms with Crippen LogP contribution >= 0.6 is 0 Å². The van der Waals surface area contributed by atoms with Crippen LogP contribution in [0.25, 0.3) is 16.6 Å². The standard InChI is InChI=1S/C32H31N/c1-22-14-23(2)17-26(16-22)20-29-30-12-8-9-13-33(30)31(32(29)28-10-6-5-7-11-28)21-27-18-24(3)15-25(4)19-27/h5-19H,20-21H2,1-4H3. The minimum Gasteiger partial charge on any atom is -0.320 e. The van der Waals surface area contributed by atoms with E-state index in [2.05, 4.69) is 123 Å². The number of fused-ring (bicyclic) bond motifs is 1. The van der Waals surface area contributed by atoms with Gasteiger partial charge in [0.15, 0.2) is 0 Å². The second-order valence-corrected chi connectivity index (χ2v) is 9.47. The van der Waals surface area contributed by atoms with Gasteiger partial charge in [-0.2, -0.15) is 0 Å². The van der Waals surface area contributed by atoms with Crippen molar-refractivity contribution in [3.63, 3.8) is 0 Å². The van der Waals surface area contributed by atoms with Crippen molar-refractivity contribution in [2.24, 2.45) is 0 Å². The molecule has 1 heteroatoms. The molecule has 0 aliphatic heterocycles. The summed E-state index contributed by atoms with van der Waals surface area (Å²) in [5, 5.41) is 0. The van der Waals surface area contributed by atoms with Crippen molar-refractivity contribution in [2.45, 2.75) is 40.5 Å². The van der Waals surface area contributed by atoms with Crippen molar-refractivity contribution in [1.82, 2.24) is 4.40 Å². The smallest absolute Gasteiger partial charge is 0.0494 e. The van der Waals surface area contributed by atoms with Gasteiger partial charge in [-0.15, -0.1) is 0 Å². The van der Waals surface area contributed by atoms with Gasteiger partial charge >= 0.3 is 0 Å². The van der Waals surface area contributed by atoms with Crippen molar-refractivity contribution in [2.75, 3.05) is 0 Å². The van der Waals surface area contributed by atoms with Gasteiger partial charge in [-0.25, -0.2) is 0 Å². The summed E-state index contributed by atoms with van der Waals surface area (Å²) in [5.74, 6) is 0. The summed E-state index contributed by atoms with van der Waals surface area (Å²) in [4.78, 5) is 0. The van der Waals surface area contributed by atoms with E-state index in [-0.39, 0.29) is 0 Å². The highest BCUT2D eigenvalue weighted by Crippen LogP contribution is 2.36. The average Bonchev–Trinajstić information content (AvgIpc) is 3.06. The van der Waals surface area contributed by atoms with Crippen LogP contribution in [-0.4, -0.2) is 4.40 Å². The first-order valence-corrected chi connectivity index (χ1v) is 11.8.